The topological polar surface area (TPSA) is 104 Å². The second kappa shape index (κ2) is 8.26. The third kappa shape index (κ3) is 5.42. The van der Waals surface area contributed by atoms with Gasteiger partial charge in [-0.15, -0.1) is 0 Å². The van der Waals surface area contributed by atoms with E-state index in [9.17, 15) is 18.0 Å². The minimum atomic E-state index is -3.32. The van der Waals surface area contributed by atoms with Crippen molar-refractivity contribution in [2.45, 2.75) is 38.2 Å². The molecule has 0 unspecified atom stereocenters. The largest absolute Gasteiger partial charge is 0.481 e. The van der Waals surface area contributed by atoms with Crippen LogP contribution in [0.25, 0.3) is 0 Å². The molecular weight excluding hydrogens is 336 g/mol. The fourth-order valence-electron chi connectivity index (χ4n) is 3.26. The molecule has 138 valence electrons. The van der Waals surface area contributed by atoms with Gasteiger partial charge in [0.2, 0.25) is 15.9 Å². The van der Waals surface area contributed by atoms with Gasteiger partial charge in [0.25, 0.3) is 0 Å². The van der Waals surface area contributed by atoms with Crippen LogP contribution < -0.4 is 0 Å². The van der Waals surface area contributed by atoms with Gasteiger partial charge in [-0.05, 0) is 25.7 Å². The molecule has 1 N–H and O–H groups in total. The van der Waals surface area contributed by atoms with Gasteiger partial charge in [-0.3, -0.25) is 9.59 Å². The van der Waals surface area contributed by atoms with Crippen LogP contribution >= 0.6 is 0 Å². The number of carbonyl (C=O) groups excluding carboxylic acids is 1. The lowest BCUT2D eigenvalue weighted by Crippen LogP contribution is -2.48. The number of hydrogen-bond acceptors (Lipinski definition) is 5. The lowest BCUT2D eigenvalue weighted by Gasteiger charge is -2.34. The highest BCUT2D eigenvalue weighted by molar-refractivity contribution is 7.88. The van der Waals surface area contributed by atoms with E-state index in [1.807, 2.05) is 0 Å². The predicted octanol–water partition coefficient (Wildman–Crippen LogP) is 0.140. The van der Waals surface area contributed by atoms with Crippen LogP contribution in [0.15, 0.2) is 0 Å². The van der Waals surface area contributed by atoms with Gasteiger partial charge in [0, 0.05) is 32.8 Å². The number of sulfonamides is 1. The number of amides is 1. The van der Waals surface area contributed by atoms with Gasteiger partial charge < -0.3 is 14.7 Å². The van der Waals surface area contributed by atoms with E-state index in [1.165, 1.54) is 4.31 Å². The van der Waals surface area contributed by atoms with Crippen LogP contribution in [-0.2, 0) is 24.3 Å². The Kier molecular flexibility index (Phi) is 6.59. The van der Waals surface area contributed by atoms with Crippen molar-refractivity contribution in [2.75, 3.05) is 39.0 Å². The molecule has 2 heterocycles. The number of aliphatic carboxylic acids is 1. The normalized spacial score (nSPS) is 25.5. The summed E-state index contributed by atoms with van der Waals surface area (Å²) in [7, 11) is -3.32. The van der Waals surface area contributed by atoms with Crippen LogP contribution in [0.4, 0.5) is 0 Å². The number of carboxylic acids is 1. The third-order valence-corrected chi connectivity index (χ3v) is 5.83. The molecule has 2 atom stereocenters. The smallest absolute Gasteiger partial charge is 0.305 e. The first kappa shape index (κ1) is 19.1. The molecule has 2 aliphatic heterocycles. The molecule has 0 bridgehead atoms. The van der Waals surface area contributed by atoms with Gasteiger partial charge in [0.15, 0.2) is 0 Å². The van der Waals surface area contributed by atoms with Crippen LogP contribution in [-0.4, -0.2) is 79.8 Å². The first-order valence-corrected chi connectivity index (χ1v) is 10.2. The van der Waals surface area contributed by atoms with E-state index in [0.717, 1.165) is 19.1 Å². The molecule has 2 saturated heterocycles. The Labute approximate surface area is 142 Å². The molecule has 0 aromatic rings. The number of carbonyl (C=O) groups is 2. The average Bonchev–Trinajstić information content (AvgIpc) is 3.03. The van der Waals surface area contributed by atoms with Crippen molar-refractivity contribution in [3.8, 4) is 0 Å². The standard InChI is InChI=1S/C15H26N2O6S/c1-24(21,22)17-7-2-4-12(10-17)15(20)16(8-6-14(18)19)11-13-5-3-9-23-13/h12-13H,2-11H2,1H3,(H,18,19)/t12-,13-/m0/s1. The summed E-state index contributed by atoms with van der Waals surface area (Å²) < 4.78 is 30.3. The molecule has 0 aliphatic carbocycles. The van der Waals surface area contributed by atoms with E-state index in [1.54, 1.807) is 4.90 Å². The van der Waals surface area contributed by atoms with Crippen molar-refractivity contribution in [3.63, 3.8) is 0 Å². The Bertz CT molecular complexity index is 558. The van der Waals surface area contributed by atoms with Gasteiger partial charge in [0.05, 0.1) is 24.7 Å². The fraction of sp³-hybridized carbons (Fsp3) is 0.867. The summed E-state index contributed by atoms with van der Waals surface area (Å²) in [5.74, 6) is -1.54. The minimum Gasteiger partial charge on any atom is -0.481 e. The van der Waals surface area contributed by atoms with Crippen molar-refractivity contribution in [3.05, 3.63) is 0 Å². The van der Waals surface area contributed by atoms with Crippen LogP contribution in [0.3, 0.4) is 0 Å². The Morgan fingerprint density at radius 1 is 1.29 bits per heavy atom. The maximum absolute atomic E-state index is 12.8. The van der Waals surface area contributed by atoms with Crippen molar-refractivity contribution >= 4 is 21.9 Å². The Hall–Kier alpha value is -1.19. The van der Waals surface area contributed by atoms with Crippen molar-refractivity contribution in [1.82, 2.24) is 9.21 Å². The highest BCUT2D eigenvalue weighted by atomic mass is 32.2. The summed E-state index contributed by atoms with van der Waals surface area (Å²) in [5.41, 5.74) is 0. The Morgan fingerprint density at radius 2 is 2.04 bits per heavy atom. The zero-order valence-corrected chi connectivity index (χ0v) is 14.8. The molecule has 0 spiro atoms. The number of hydrogen-bond donors (Lipinski definition) is 1. The molecule has 0 aromatic heterocycles. The van der Waals surface area contributed by atoms with Crippen molar-refractivity contribution < 1.29 is 27.9 Å². The third-order valence-electron chi connectivity index (χ3n) is 4.56. The fourth-order valence-corrected chi connectivity index (χ4v) is 4.17. The van der Waals surface area contributed by atoms with E-state index in [-0.39, 0.29) is 31.5 Å². The Balaban J connectivity index is 2.02. The summed E-state index contributed by atoms with van der Waals surface area (Å²) >= 11 is 0. The number of carboxylic acid groups (broad SMARTS) is 1. The van der Waals surface area contributed by atoms with E-state index < -0.39 is 21.9 Å². The summed E-state index contributed by atoms with van der Waals surface area (Å²) in [6.45, 7) is 1.78. The van der Waals surface area contributed by atoms with Crippen LogP contribution in [0.5, 0.6) is 0 Å². The number of piperidine rings is 1. The summed E-state index contributed by atoms with van der Waals surface area (Å²) in [6, 6.07) is 0. The van der Waals surface area contributed by atoms with E-state index in [2.05, 4.69) is 0 Å². The molecule has 2 rings (SSSR count). The van der Waals surface area contributed by atoms with Crippen molar-refractivity contribution in [1.29, 1.82) is 0 Å². The molecular formula is C15H26N2O6S. The van der Waals surface area contributed by atoms with Gasteiger partial charge in [-0.2, -0.15) is 0 Å². The summed E-state index contributed by atoms with van der Waals surface area (Å²) in [6.07, 6.45) is 4.02. The zero-order valence-electron chi connectivity index (χ0n) is 14.0. The number of rotatable bonds is 7. The van der Waals surface area contributed by atoms with E-state index in [0.29, 0.717) is 32.5 Å². The Morgan fingerprint density at radius 3 is 2.62 bits per heavy atom. The maximum atomic E-state index is 12.8. The van der Waals surface area contributed by atoms with Crippen molar-refractivity contribution in [2.24, 2.45) is 5.92 Å². The minimum absolute atomic E-state index is 0.0580. The molecule has 2 fully saturated rings. The second-order valence-corrected chi connectivity index (χ2v) is 8.51. The molecule has 2 aliphatic rings. The van der Waals surface area contributed by atoms with E-state index >= 15 is 0 Å². The lowest BCUT2D eigenvalue weighted by atomic mass is 9.97. The quantitative estimate of drug-likeness (QED) is 0.691. The lowest BCUT2D eigenvalue weighted by molar-refractivity contribution is -0.141. The molecule has 0 aromatic carbocycles. The number of ether oxygens (including phenoxy) is 1. The SMILES string of the molecule is CS(=O)(=O)N1CCC[C@H](C(=O)N(CCC(=O)O)C[C@@H]2CCCO2)C1. The molecule has 8 nitrogen and oxygen atoms in total. The first-order valence-electron chi connectivity index (χ1n) is 8.34. The highest BCUT2D eigenvalue weighted by Gasteiger charge is 2.34. The maximum Gasteiger partial charge on any atom is 0.305 e. The average molecular weight is 362 g/mol. The summed E-state index contributed by atoms with van der Waals surface area (Å²) in [4.78, 5) is 25.2. The zero-order chi connectivity index (χ0) is 17.7. The molecule has 0 saturated carbocycles. The van der Waals surface area contributed by atoms with Gasteiger partial charge in [-0.25, -0.2) is 12.7 Å². The van der Waals surface area contributed by atoms with Gasteiger partial charge in [0.1, 0.15) is 0 Å². The molecule has 9 heteroatoms. The first-order chi connectivity index (χ1) is 11.3. The van der Waals surface area contributed by atoms with Gasteiger partial charge in [-0.1, -0.05) is 0 Å². The molecule has 24 heavy (non-hydrogen) atoms. The monoisotopic (exact) mass is 362 g/mol. The molecule has 0 radical (unpaired) electrons. The van der Waals surface area contributed by atoms with Crippen LogP contribution in [0.1, 0.15) is 32.1 Å². The predicted molar refractivity (Wildman–Crippen MR) is 86.9 cm³/mol. The highest BCUT2D eigenvalue weighted by Crippen LogP contribution is 2.22. The van der Waals surface area contributed by atoms with Crippen LogP contribution in [0, 0.1) is 5.92 Å². The van der Waals surface area contributed by atoms with Gasteiger partial charge >= 0.3 is 5.97 Å². The summed E-state index contributed by atoms with van der Waals surface area (Å²) in [5, 5.41) is 8.91. The second-order valence-electron chi connectivity index (χ2n) is 6.52. The van der Waals surface area contributed by atoms with Crippen LogP contribution in [0.2, 0.25) is 0 Å². The number of nitrogens with zero attached hydrogens (tertiary/aromatic N) is 2. The molecule has 1 amide bonds. The van der Waals surface area contributed by atoms with E-state index in [4.69, 9.17) is 9.84 Å².